The molecule has 2 rings (SSSR count). The van der Waals surface area contributed by atoms with Crippen LogP contribution in [0, 0.1) is 0 Å². The van der Waals surface area contributed by atoms with E-state index in [1.165, 1.54) is 31.7 Å². The number of nitrogens with zero attached hydrogens (tertiary/aromatic N) is 1. The molecule has 0 fully saturated rings. The molecule has 0 unspecified atom stereocenters. The van der Waals surface area contributed by atoms with E-state index in [4.69, 9.17) is 16.3 Å². The molecule has 0 aliphatic rings. The third kappa shape index (κ3) is 3.55. The lowest BCUT2D eigenvalue weighted by Crippen LogP contribution is -2.04. The maximum absolute atomic E-state index is 12.6. The summed E-state index contributed by atoms with van der Waals surface area (Å²) < 4.78 is 42.6. The Labute approximate surface area is 124 Å². The summed E-state index contributed by atoms with van der Waals surface area (Å²) in [6, 6.07) is 6.56. The first-order valence-corrected chi connectivity index (χ1v) is 6.33. The summed E-state index contributed by atoms with van der Waals surface area (Å²) in [7, 11) is 1.48. The highest BCUT2D eigenvalue weighted by Crippen LogP contribution is 2.33. The van der Waals surface area contributed by atoms with Crippen molar-refractivity contribution in [1.29, 1.82) is 0 Å². The Morgan fingerprint density at radius 1 is 1.14 bits per heavy atom. The highest BCUT2D eigenvalue weighted by molar-refractivity contribution is 6.31. The van der Waals surface area contributed by atoms with Crippen molar-refractivity contribution < 1.29 is 17.9 Å². The van der Waals surface area contributed by atoms with Crippen molar-refractivity contribution >= 4 is 17.7 Å². The number of halogens is 4. The van der Waals surface area contributed by atoms with Gasteiger partial charge >= 0.3 is 6.18 Å². The first-order valence-electron chi connectivity index (χ1n) is 5.95. The zero-order valence-corrected chi connectivity index (χ0v) is 11.7. The molecule has 0 atom stereocenters. The van der Waals surface area contributed by atoms with Crippen LogP contribution in [-0.2, 0) is 10.9 Å². The molecule has 1 heterocycles. The molecule has 0 aliphatic carbocycles. The van der Waals surface area contributed by atoms with Gasteiger partial charge in [-0.15, -0.1) is 0 Å². The van der Waals surface area contributed by atoms with E-state index in [9.17, 15) is 13.2 Å². The van der Waals surface area contributed by atoms with Gasteiger partial charge < -0.3 is 4.74 Å². The van der Waals surface area contributed by atoms with Crippen molar-refractivity contribution in [2.45, 2.75) is 6.18 Å². The molecule has 0 spiro atoms. The quantitative estimate of drug-likeness (QED) is 0.585. The Hall–Kier alpha value is -2.01. The molecule has 0 radical (unpaired) electrons. The second kappa shape index (κ2) is 6.18. The fraction of sp³-hybridized carbons (Fsp3) is 0.133. The van der Waals surface area contributed by atoms with Gasteiger partial charge in [-0.1, -0.05) is 23.7 Å². The number of pyridine rings is 1. The summed E-state index contributed by atoms with van der Waals surface area (Å²) in [6.07, 6.45) is 0.186. The minimum Gasteiger partial charge on any atom is -0.504 e. The predicted molar refractivity (Wildman–Crippen MR) is 75.7 cm³/mol. The molecule has 6 heteroatoms. The van der Waals surface area contributed by atoms with Crippen LogP contribution < -0.4 is 0 Å². The second-order valence-electron chi connectivity index (χ2n) is 4.18. The largest absolute Gasteiger partial charge is 0.504 e. The van der Waals surface area contributed by atoms with E-state index in [1.807, 2.05) is 0 Å². The van der Waals surface area contributed by atoms with Crippen LogP contribution in [0.3, 0.4) is 0 Å². The topological polar surface area (TPSA) is 22.1 Å². The molecule has 110 valence electrons. The van der Waals surface area contributed by atoms with Gasteiger partial charge in [0.25, 0.3) is 0 Å². The summed E-state index contributed by atoms with van der Waals surface area (Å²) in [5, 5.41) is 0.251. The summed E-state index contributed by atoms with van der Waals surface area (Å²) in [4.78, 5) is 3.95. The van der Waals surface area contributed by atoms with Crippen LogP contribution in [-0.4, -0.2) is 12.1 Å². The van der Waals surface area contributed by atoms with Gasteiger partial charge in [0.2, 0.25) is 0 Å². The van der Waals surface area contributed by atoms with Gasteiger partial charge in [0.05, 0.1) is 18.9 Å². The molecule has 0 bridgehead atoms. The highest BCUT2D eigenvalue weighted by Gasteiger charge is 2.30. The van der Waals surface area contributed by atoms with Gasteiger partial charge in [-0.3, -0.25) is 0 Å². The van der Waals surface area contributed by atoms with E-state index in [0.29, 0.717) is 16.7 Å². The lowest BCUT2D eigenvalue weighted by atomic mass is 10.0. The Morgan fingerprint density at radius 2 is 1.81 bits per heavy atom. The maximum atomic E-state index is 12.6. The monoisotopic (exact) mass is 313 g/mol. The number of hydrogen-bond acceptors (Lipinski definition) is 2. The molecule has 2 aromatic rings. The van der Waals surface area contributed by atoms with E-state index >= 15 is 0 Å². The van der Waals surface area contributed by atoms with Crippen molar-refractivity contribution in [3.05, 3.63) is 59.1 Å². The van der Waals surface area contributed by atoms with Crippen LogP contribution in [0.4, 0.5) is 13.2 Å². The Bertz CT molecular complexity index is 651. The summed E-state index contributed by atoms with van der Waals surface area (Å²) in [5.74, 6) is 0. The minimum absolute atomic E-state index is 0.251. The molecule has 21 heavy (non-hydrogen) atoms. The standard InChI is InChI=1S/C15H11ClF3NO/c1-21-9-7-13-12(6-8-20-14(13)16)10-2-4-11(5-3-10)15(17,18)19/h2-9H,1H3/b9-7+. The van der Waals surface area contributed by atoms with Crippen LogP contribution in [0.2, 0.25) is 5.15 Å². The zero-order chi connectivity index (χ0) is 15.5. The molecule has 1 aromatic heterocycles. The van der Waals surface area contributed by atoms with E-state index in [-0.39, 0.29) is 5.15 Å². The van der Waals surface area contributed by atoms with Crippen molar-refractivity contribution in [1.82, 2.24) is 4.98 Å². The van der Waals surface area contributed by atoms with Crippen LogP contribution in [0.1, 0.15) is 11.1 Å². The second-order valence-corrected chi connectivity index (χ2v) is 4.53. The molecule has 0 N–H and O–H groups in total. The van der Waals surface area contributed by atoms with E-state index in [1.54, 1.807) is 12.1 Å². The number of alkyl halides is 3. The van der Waals surface area contributed by atoms with Gasteiger partial charge in [0, 0.05) is 11.8 Å². The summed E-state index contributed by atoms with van der Waals surface area (Å²) >= 11 is 6.02. The number of benzene rings is 1. The van der Waals surface area contributed by atoms with E-state index in [0.717, 1.165) is 12.1 Å². The van der Waals surface area contributed by atoms with Gasteiger partial charge in [0.1, 0.15) is 5.15 Å². The molecule has 0 aliphatic heterocycles. The third-order valence-corrected chi connectivity index (χ3v) is 3.14. The summed E-state index contributed by atoms with van der Waals surface area (Å²) in [6.45, 7) is 0. The highest BCUT2D eigenvalue weighted by atomic mass is 35.5. The average Bonchev–Trinajstić information content (AvgIpc) is 2.45. The fourth-order valence-corrected chi connectivity index (χ4v) is 2.05. The van der Waals surface area contributed by atoms with Gasteiger partial charge in [-0.05, 0) is 35.4 Å². The van der Waals surface area contributed by atoms with Crippen molar-refractivity contribution in [3.63, 3.8) is 0 Å². The first-order chi connectivity index (χ1) is 9.93. The Morgan fingerprint density at radius 3 is 2.38 bits per heavy atom. The molecule has 1 aromatic carbocycles. The van der Waals surface area contributed by atoms with Gasteiger partial charge in [-0.2, -0.15) is 13.2 Å². The molecule has 2 nitrogen and oxygen atoms in total. The van der Waals surface area contributed by atoms with Crippen molar-refractivity contribution in [2.75, 3.05) is 7.11 Å². The molecule has 0 amide bonds. The third-order valence-electron chi connectivity index (χ3n) is 2.84. The Balaban J connectivity index is 2.47. The zero-order valence-electron chi connectivity index (χ0n) is 11.0. The van der Waals surface area contributed by atoms with E-state index < -0.39 is 11.7 Å². The number of hydrogen-bond donors (Lipinski definition) is 0. The lowest BCUT2D eigenvalue weighted by Gasteiger charge is -2.10. The molecule has 0 saturated carbocycles. The summed E-state index contributed by atoms with van der Waals surface area (Å²) in [5.41, 5.74) is 1.18. The lowest BCUT2D eigenvalue weighted by molar-refractivity contribution is -0.137. The minimum atomic E-state index is -4.35. The maximum Gasteiger partial charge on any atom is 0.416 e. The normalized spacial score (nSPS) is 11.9. The van der Waals surface area contributed by atoms with Crippen LogP contribution in [0.15, 0.2) is 42.8 Å². The van der Waals surface area contributed by atoms with Crippen LogP contribution >= 0.6 is 11.6 Å². The SMILES string of the molecule is CO/C=C/c1c(-c2ccc(C(F)(F)F)cc2)ccnc1Cl. The fourth-order valence-electron chi connectivity index (χ4n) is 1.83. The van der Waals surface area contributed by atoms with Crippen LogP contribution in [0.5, 0.6) is 0 Å². The average molecular weight is 314 g/mol. The van der Waals surface area contributed by atoms with Gasteiger partial charge in [-0.25, -0.2) is 4.98 Å². The smallest absolute Gasteiger partial charge is 0.416 e. The van der Waals surface area contributed by atoms with E-state index in [2.05, 4.69) is 4.98 Å². The molecular formula is C15H11ClF3NO. The van der Waals surface area contributed by atoms with Crippen LogP contribution in [0.25, 0.3) is 17.2 Å². The van der Waals surface area contributed by atoms with Crippen molar-refractivity contribution in [2.24, 2.45) is 0 Å². The predicted octanol–water partition coefficient (Wildman–Crippen LogP) is 5.04. The number of ether oxygens (including phenoxy) is 1. The first kappa shape index (κ1) is 15.4. The van der Waals surface area contributed by atoms with Crippen molar-refractivity contribution in [3.8, 4) is 11.1 Å². The molecule has 0 saturated heterocycles. The number of methoxy groups -OCH3 is 1. The van der Waals surface area contributed by atoms with Gasteiger partial charge in [0.15, 0.2) is 0 Å². The Kier molecular flexibility index (Phi) is 4.53. The number of aromatic nitrogens is 1. The molecular weight excluding hydrogens is 303 g/mol. The number of rotatable bonds is 3.